The van der Waals surface area contributed by atoms with Gasteiger partial charge in [-0.15, -0.1) is 0 Å². The molecule has 0 unspecified atom stereocenters. The zero-order valence-corrected chi connectivity index (χ0v) is 18.6. The molecule has 5 saturated carbocycles. The van der Waals surface area contributed by atoms with Crippen LogP contribution in [0.2, 0.25) is 0 Å². The second-order valence-electron chi connectivity index (χ2n) is 10.5. The molecular formula is C25H32FNO5. The second kappa shape index (κ2) is 8.41. The van der Waals surface area contributed by atoms with Gasteiger partial charge >= 0.3 is 5.97 Å². The fourth-order valence-electron chi connectivity index (χ4n) is 6.72. The molecule has 0 spiro atoms. The molecule has 5 aliphatic carbocycles. The van der Waals surface area contributed by atoms with Crippen molar-refractivity contribution < 1.29 is 28.6 Å². The number of benzene rings is 1. The molecule has 2 N–H and O–H groups in total. The van der Waals surface area contributed by atoms with E-state index in [1.165, 1.54) is 32.4 Å². The third kappa shape index (κ3) is 4.29. The molecule has 4 bridgehead atoms. The van der Waals surface area contributed by atoms with Gasteiger partial charge in [0, 0.05) is 7.11 Å². The maximum atomic E-state index is 15.0. The Bertz CT molecular complexity index is 877. The first kappa shape index (κ1) is 21.8. The zero-order valence-electron chi connectivity index (χ0n) is 18.6. The summed E-state index contributed by atoms with van der Waals surface area (Å²) in [7, 11) is 1.35. The van der Waals surface area contributed by atoms with Crippen LogP contribution < -0.4 is 5.32 Å². The highest BCUT2D eigenvalue weighted by Crippen LogP contribution is 2.57. The van der Waals surface area contributed by atoms with E-state index in [0.29, 0.717) is 12.5 Å². The van der Waals surface area contributed by atoms with E-state index in [4.69, 9.17) is 9.47 Å². The fraction of sp³-hybridized carbons (Fsp3) is 0.680. The standard InChI is InChI=1S/C25H32FNO5/c1-31-13-22(24(29)30)27-23(28)20-8-19(17-2-3-17)18(7-21(20)26)12-32-25-9-14-4-15(10-25)6-16(5-14)11-25/h7-8,14-17,22H,2-6,9-13H2,1H3,(H,27,28)(H,29,30)/t14?,15?,16?,22-,25?/m0/s1. The molecule has 1 aromatic carbocycles. The first-order chi connectivity index (χ1) is 15.4. The Morgan fingerprint density at radius 3 is 2.31 bits per heavy atom. The molecule has 0 saturated heterocycles. The molecule has 1 atom stereocenters. The normalized spacial score (nSPS) is 31.5. The van der Waals surface area contributed by atoms with Gasteiger partial charge in [0.15, 0.2) is 6.04 Å². The predicted octanol–water partition coefficient (Wildman–Crippen LogP) is 4.02. The molecule has 5 aliphatic rings. The summed E-state index contributed by atoms with van der Waals surface area (Å²) in [6.07, 6.45) is 9.42. The molecule has 6 rings (SSSR count). The van der Waals surface area contributed by atoms with E-state index in [9.17, 15) is 19.1 Å². The van der Waals surface area contributed by atoms with E-state index in [-0.39, 0.29) is 17.8 Å². The number of ether oxygens (including phenoxy) is 2. The van der Waals surface area contributed by atoms with Crippen molar-refractivity contribution in [3.63, 3.8) is 0 Å². The van der Waals surface area contributed by atoms with E-state index >= 15 is 0 Å². The Labute approximate surface area is 187 Å². The quantitative estimate of drug-likeness (QED) is 0.600. The lowest BCUT2D eigenvalue weighted by atomic mass is 9.54. The van der Waals surface area contributed by atoms with Crippen molar-refractivity contribution in [3.8, 4) is 0 Å². The number of carbonyl (C=O) groups excluding carboxylic acids is 1. The van der Waals surface area contributed by atoms with E-state index < -0.39 is 23.7 Å². The second-order valence-corrected chi connectivity index (χ2v) is 10.5. The number of nitrogens with one attached hydrogen (secondary N) is 1. The molecule has 0 aliphatic heterocycles. The summed E-state index contributed by atoms with van der Waals surface area (Å²) in [5.41, 5.74) is 1.61. The van der Waals surface area contributed by atoms with Crippen molar-refractivity contribution in [2.24, 2.45) is 17.8 Å². The Hall–Kier alpha value is -1.99. The minimum atomic E-state index is -1.23. The summed E-state index contributed by atoms with van der Waals surface area (Å²) < 4.78 is 26.4. The summed E-state index contributed by atoms with van der Waals surface area (Å²) in [6, 6.07) is 1.80. The van der Waals surface area contributed by atoms with Gasteiger partial charge in [0.25, 0.3) is 5.91 Å². The van der Waals surface area contributed by atoms with Crippen LogP contribution in [0.25, 0.3) is 0 Å². The molecule has 32 heavy (non-hydrogen) atoms. The Morgan fingerprint density at radius 2 is 1.78 bits per heavy atom. The van der Waals surface area contributed by atoms with Crippen molar-refractivity contribution in [1.82, 2.24) is 5.32 Å². The summed E-state index contributed by atoms with van der Waals surface area (Å²) in [4.78, 5) is 24.0. The summed E-state index contributed by atoms with van der Waals surface area (Å²) in [5.74, 6) is 0.0543. The third-order valence-corrected chi connectivity index (χ3v) is 7.94. The lowest BCUT2D eigenvalue weighted by molar-refractivity contribution is -0.168. The Kier molecular flexibility index (Phi) is 5.74. The van der Waals surface area contributed by atoms with E-state index in [0.717, 1.165) is 61.0 Å². The molecule has 1 aromatic rings. The van der Waals surface area contributed by atoms with Crippen molar-refractivity contribution >= 4 is 11.9 Å². The van der Waals surface area contributed by atoms with Gasteiger partial charge < -0.3 is 19.9 Å². The highest BCUT2D eigenvalue weighted by atomic mass is 19.1. The summed E-state index contributed by atoms with van der Waals surface area (Å²) >= 11 is 0. The van der Waals surface area contributed by atoms with E-state index in [1.54, 1.807) is 6.07 Å². The smallest absolute Gasteiger partial charge is 0.328 e. The van der Waals surface area contributed by atoms with Gasteiger partial charge in [-0.2, -0.15) is 0 Å². The molecule has 174 valence electrons. The van der Waals surface area contributed by atoms with Crippen LogP contribution >= 0.6 is 0 Å². The largest absolute Gasteiger partial charge is 0.480 e. The average molecular weight is 446 g/mol. The van der Waals surface area contributed by atoms with Gasteiger partial charge in [0.05, 0.1) is 24.4 Å². The van der Waals surface area contributed by atoms with E-state index in [2.05, 4.69) is 5.32 Å². The number of carbonyl (C=O) groups is 2. The molecular weight excluding hydrogens is 413 g/mol. The average Bonchev–Trinajstić information content (AvgIpc) is 3.56. The minimum Gasteiger partial charge on any atom is -0.480 e. The van der Waals surface area contributed by atoms with Gasteiger partial charge in [0.1, 0.15) is 5.82 Å². The van der Waals surface area contributed by atoms with Crippen molar-refractivity contribution in [2.45, 2.75) is 75.5 Å². The first-order valence-electron chi connectivity index (χ1n) is 11.8. The van der Waals surface area contributed by atoms with Crippen LogP contribution in [0.3, 0.4) is 0 Å². The van der Waals surface area contributed by atoms with Gasteiger partial charge in [0.2, 0.25) is 0 Å². The maximum Gasteiger partial charge on any atom is 0.328 e. The number of hydrogen-bond acceptors (Lipinski definition) is 4. The first-order valence-corrected chi connectivity index (χ1v) is 11.8. The molecule has 7 heteroatoms. The van der Waals surface area contributed by atoms with Crippen LogP contribution in [-0.4, -0.2) is 42.3 Å². The number of carboxylic acids is 1. The number of carboxylic acid groups (broad SMARTS) is 1. The lowest BCUT2D eigenvalue weighted by Gasteiger charge is -2.56. The highest BCUT2D eigenvalue weighted by Gasteiger charge is 2.51. The fourth-order valence-corrected chi connectivity index (χ4v) is 6.72. The van der Waals surface area contributed by atoms with Gasteiger partial charge in [-0.1, -0.05) is 0 Å². The molecule has 0 radical (unpaired) electrons. The Balaban J connectivity index is 1.33. The number of methoxy groups -OCH3 is 1. The zero-order chi connectivity index (χ0) is 22.5. The highest BCUT2D eigenvalue weighted by molar-refractivity contribution is 5.97. The van der Waals surface area contributed by atoms with Crippen LogP contribution in [0.5, 0.6) is 0 Å². The van der Waals surface area contributed by atoms with Crippen LogP contribution in [0.4, 0.5) is 4.39 Å². The molecule has 0 aromatic heterocycles. The van der Waals surface area contributed by atoms with Crippen molar-refractivity contribution in [1.29, 1.82) is 0 Å². The number of hydrogen-bond donors (Lipinski definition) is 2. The van der Waals surface area contributed by atoms with Gasteiger partial charge in [-0.05, 0) is 98.3 Å². The maximum absolute atomic E-state index is 15.0. The van der Waals surface area contributed by atoms with Gasteiger partial charge in [-0.25, -0.2) is 9.18 Å². The van der Waals surface area contributed by atoms with Gasteiger partial charge in [-0.3, -0.25) is 4.79 Å². The molecule has 0 heterocycles. The van der Waals surface area contributed by atoms with E-state index in [1.807, 2.05) is 0 Å². The number of amides is 1. The third-order valence-electron chi connectivity index (χ3n) is 7.94. The monoisotopic (exact) mass is 445 g/mol. The van der Waals surface area contributed by atoms with Crippen LogP contribution in [0.1, 0.15) is 78.8 Å². The van der Waals surface area contributed by atoms with Crippen LogP contribution in [0.15, 0.2) is 12.1 Å². The number of halogens is 1. The molecule has 1 amide bonds. The van der Waals surface area contributed by atoms with Crippen molar-refractivity contribution in [3.05, 3.63) is 34.6 Å². The predicted molar refractivity (Wildman–Crippen MR) is 115 cm³/mol. The minimum absolute atomic E-state index is 0.0586. The summed E-state index contributed by atoms with van der Waals surface area (Å²) in [6.45, 7) is 0.188. The van der Waals surface area contributed by atoms with Crippen molar-refractivity contribution in [2.75, 3.05) is 13.7 Å². The van der Waals surface area contributed by atoms with Crippen LogP contribution in [-0.2, 0) is 20.9 Å². The Morgan fingerprint density at radius 1 is 1.16 bits per heavy atom. The molecule has 5 fully saturated rings. The van der Waals surface area contributed by atoms with Crippen LogP contribution in [0, 0.1) is 23.6 Å². The molecule has 6 nitrogen and oxygen atoms in total. The number of aliphatic carboxylic acids is 1. The summed E-state index contributed by atoms with van der Waals surface area (Å²) in [5, 5.41) is 11.6. The SMILES string of the molecule is COC[C@H](NC(=O)c1cc(C2CC2)c(COC23CC4CC(CC(C4)C2)C3)cc1F)C(=O)O. The number of rotatable bonds is 9. The topological polar surface area (TPSA) is 84.9 Å². The lowest BCUT2D eigenvalue weighted by Crippen LogP contribution is -2.51.